The van der Waals surface area contributed by atoms with E-state index in [1.807, 2.05) is 0 Å². The number of nitrogens with two attached hydrogens (primary N) is 1. The van der Waals surface area contributed by atoms with E-state index in [0.717, 1.165) is 5.56 Å². The fourth-order valence-corrected chi connectivity index (χ4v) is 3.04. The average molecular weight is 410 g/mol. The number of hydrogen-bond donors (Lipinski definition) is 3. The summed E-state index contributed by atoms with van der Waals surface area (Å²) in [4.78, 5) is 31.0. The molecule has 30 heavy (non-hydrogen) atoms. The summed E-state index contributed by atoms with van der Waals surface area (Å²) in [6.45, 7) is 0.0658. The molecule has 1 aliphatic heterocycles. The number of aromatic nitrogens is 1. The number of anilines is 1. The molecular weight excluding hydrogens is 388 g/mol. The monoisotopic (exact) mass is 410 g/mol. The van der Waals surface area contributed by atoms with Crippen molar-refractivity contribution in [3.05, 3.63) is 54.2 Å². The number of carbonyl (C=O) groups is 2. The summed E-state index contributed by atoms with van der Waals surface area (Å²) in [5.74, 6) is -0.675. The molecule has 156 valence electrons. The Kier molecular flexibility index (Phi) is 6.58. The number of guanidine groups is 1. The molecule has 1 aromatic carbocycles. The molecule has 10 heteroatoms. The lowest BCUT2D eigenvalue weighted by atomic mass is 9.84. The normalized spacial score (nSPS) is 18.0. The van der Waals surface area contributed by atoms with E-state index in [4.69, 9.17) is 20.6 Å². The van der Waals surface area contributed by atoms with Gasteiger partial charge in [0.15, 0.2) is 0 Å². The second-order valence-corrected chi connectivity index (χ2v) is 6.48. The number of hydrogen-bond acceptors (Lipinski definition) is 7. The summed E-state index contributed by atoms with van der Waals surface area (Å²) in [6, 6.07) is 11.4. The van der Waals surface area contributed by atoms with Crippen LogP contribution in [0, 0.1) is 11.3 Å². The van der Waals surface area contributed by atoms with E-state index < -0.39 is 17.9 Å². The predicted octanol–water partition coefficient (Wildman–Crippen LogP) is 1.02. The van der Waals surface area contributed by atoms with E-state index in [2.05, 4.69) is 15.5 Å². The van der Waals surface area contributed by atoms with Gasteiger partial charge in [-0.05, 0) is 36.2 Å². The van der Waals surface area contributed by atoms with Crippen molar-refractivity contribution >= 4 is 29.9 Å². The third-order valence-corrected chi connectivity index (χ3v) is 4.53. The molecule has 1 fully saturated rings. The molecule has 1 aliphatic rings. The molecule has 4 N–H and O–H groups in total. The van der Waals surface area contributed by atoms with Crippen LogP contribution in [0.3, 0.4) is 0 Å². The number of amides is 1. The summed E-state index contributed by atoms with van der Waals surface area (Å²) in [7, 11) is 1.57. The van der Waals surface area contributed by atoms with Crippen LogP contribution in [-0.2, 0) is 20.9 Å². The molecule has 3 rings (SSSR count). The minimum atomic E-state index is -0.825. The van der Waals surface area contributed by atoms with Crippen molar-refractivity contribution in [2.24, 2.45) is 16.8 Å². The predicted molar refractivity (Wildman–Crippen MR) is 110 cm³/mol. The van der Waals surface area contributed by atoms with Gasteiger partial charge in [-0.2, -0.15) is 5.10 Å². The molecule has 2 aromatic rings. The first kappa shape index (κ1) is 20.8. The van der Waals surface area contributed by atoms with Crippen molar-refractivity contribution in [1.29, 1.82) is 5.41 Å². The molecular formula is C20H22N6O4. The lowest BCUT2D eigenvalue weighted by Gasteiger charge is -2.44. The molecule has 2 heterocycles. The molecule has 0 bridgehead atoms. The highest BCUT2D eigenvalue weighted by atomic mass is 16.5. The zero-order valence-corrected chi connectivity index (χ0v) is 16.3. The quantitative estimate of drug-likeness (QED) is 0.194. The van der Waals surface area contributed by atoms with Gasteiger partial charge in [0, 0.05) is 12.4 Å². The average Bonchev–Trinajstić information content (AvgIpc) is 2.76. The number of methoxy groups -OCH3 is 1. The molecule has 0 spiro atoms. The molecule has 1 aromatic heterocycles. The van der Waals surface area contributed by atoms with Gasteiger partial charge in [0.1, 0.15) is 24.2 Å². The number of benzene rings is 1. The van der Waals surface area contributed by atoms with Crippen LogP contribution in [0.2, 0.25) is 0 Å². The Balaban J connectivity index is 1.70. The first-order chi connectivity index (χ1) is 14.5. The molecule has 2 atom stereocenters. The second kappa shape index (κ2) is 9.50. The van der Waals surface area contributed by atoms with Crippen LogP contribution in [0.5, 0.6) is 5.75 Å². The van der Waals surface area contributed by atoms with Crippen molar-refractivity contribution in [3.63, 3.8) is 0 Å². The summed E-state index contributed by atoms with van der Waals surface area (Å²) in [6.07, 6.45) is 3.14. The van der Waals surface area contributed by atoms with Crippen molar-refractivity contribution in [3.8, 4) is 5.75 Å². The minimum absolute atomic E-state index is 0.0658. The fourth-order valence-electron chi connectivity index (χ4n) is 3.04. The largest absolute Gasteiger partial charge is 0.497 e. The van der Waals surface area contributed by atoms with Gasteiger partial charge < -0.3 is 15.2 Å². The standard InChI is InChI=1S/C20H22N6O4/c1-29-14-7-5-13(6-8-14)12-30-19(28)17-15(9-11-24-25-20(21)22)18(27)26(17)16-4-2-3-10-23-16/h2-8,10-11,15,17H,9,12H2,1H3,(H4,21,22,25)/t15-,17+/m1/s1. The number of rotatable bonds is 8. The SMILES string of the molecule is COc1ccc(COC(=O)[C@@H]2[C@@H](CC=NNC(=N)N)C(=O)N2c2ccccn2)cc1. The molecule has 1 amide bonds. The first-order valence-corrected chi connectivity index (χ1v) is 9.16. The van der Waals surface area contributed by atoms with Gasteiger partial charge in [-0.3, -0.25) is 15.1 Å². The van der Waals surface area contributed by atoms with Gasteiger partial charge in [0.05, 0.1) is 13.0 Å². The lowest BCUT2D eigenvalue weighted by Crippen LogP contribution is -2.65. The Bertz CT molecular complexity index is 932. The van der Waals surface area contributed by atoms with E-state index >= 15 is 0 Å². The second-order valence-electron chi connectivity index (χ2n) is 6.48. The van der Waals surface area contributed by atoms with Gasteiger partial charge in [0.25, 0.3) is 0 Å². The van der Waals surface area contributed by atoms with E-state index in [-0.39, 0.29) is 24.9 Å². The van der Waals surface area contributed by atoms with Crippen LogP contribution in [0.25, 0.3) is 0 Å². The molecule has 0 aliphatic carbocycles. The molecule has 0 radical (unpaired) electrons. The molecule has 10 nitrogen and oxygen atoms in total. The number of β-lactam (4-membered cyclic amide) rings is 1. The minimum Gasteiger partial charge on any atom is -0.497 e. The molecule has 0 unspecified atom stereocenters. The summed E-state index contributed by atoms with van der Waals surface area (Å²) >= 11 is 0. The topological polar surface area (TPSA) is 143 Å². The van der Waals surface area contributed by atoms with Crippen LogP contribution in [0.4, 0.5) is 5.82 Å². The van der Waals surface area contributed by atoms with E-state index in [1.54, 1.807) is 55.8 Å². The summed E-state index contributed by atoms with van der Waals surface area (Å²) in [5, 5.41) is 10.8. The van der Waals surface area contributed by atoms with Gasteiger partial charge in [-0.25, -0.2) is 15.2 Å². The summed E-state index contributed by atoms with van der Waals surface area (Å²) in [5.41, 5.74) is 8.23. The van der Waals surface area contributed by atoms with Crippen LogP contribution < -0.4 is 20.8 Å². The van der Waals surface area contributed by atoms with E-state index in [9.17, 15) is 9.59 Å². The number of ether oxygens (including phenoxy) is 2. The third kappa shape index (κ3) is 4.72. The zero-order valence-electron chi connectivity index (χ0n) is 16.3. The number of esters is 1. The van der Waals surface area contributed by atoms with Gasteiger partial charge in [-0.15, -0.1) is 0 Å². The molecule has 0 saturated carbocycles. The highest BCUT2D eigenvalue weighted by Gasteiger charge is 2.53. The molecule has 1 saturated heterocycles. The highest BCUT2D eigenvalue weighted by Crippen LogP contribution is 2.34. The van der Waals surface area contributed by atoms with Gasteiger partial charge in [0.2, 0.25) is 11.9 Å². The van der Waals surface area contributed by atoms with Crippen LogP contribution in [0.15, 0.2) is 53.8 Å². The maximum atomic E-state index is 12.8. The Morgan fingerprint density at radius 2 is 2.10 bits per heavy atom. The van der Waals surface area contributed by atoms with Gasteiger partial charge >= 0.3 is 5.97 Å². The van der Waals surface area contributed by atoms with Crippen LogP contribution >= 0.6 is 0 Å². The third-order valence-electron chi connectivity index (χ3n) is 4.53. The van der Waals surface area contributed by atoms with E-state index in [1.165, 1.54) is 11.1 Å². The van der Waals surface area contributed by atoms with Crippen molar-refractivity contribution in [2.45, 2.75) is 19.1 Å². The number of nitrogens with one attached hydrogen (secondary N) is 2. The Labute approximate surface area is 173 Å². The lowest BCUT2D eigenvalue weighted by molar-refractivity contribution is -0.155. The van der Waals surface area contributed by atoms with Crippen molar-refractivity contribution < 1.29 is 19.1 Å². The van der Waals surface area contributed by atoms with Gasteiger partial charge in [-0.1, -0.05) is 18.2 Å². The van der Waals surface area contributed by atoms with Crippen molar-refractivity contribution in [2.75, 3.05) is 12.0 Å². The Morgan fingerprint density at radius 3 is 2.73 bits per heavy atom. The smallest absolute Gasteiger partial charge is 0.330 e. The number of carbonyl (C=O) groups excluding carboxylic acids is 2. The van der Waals surface area contributed by atoms with Crippen molar-refractivity contribution in [1.82, 2.24) is 10.4 Å². The van der Waals surface area contributed by atoms with E-state index in [0.29, 0.717) is 11.6 Å². The Hall–Kier alpha value is -3.95. The Morgan fingerprint density at radius 1 is 1.33 bits per heavy atom. The fraction of sp³-hybridized carbons (Fsp3) is 0.250. The maximum absolute atomic E-state index is 12.8. The number of pyridine rings is 1. The zero-order chi connectivity index (χ0) is 21.5. The first-order valence-electron chi connectivity index (χ1n) is 9.16. The number of hydrazone groups is 1. The van der Waals surface area contributed by atoms with Crippen LogP contribution in [-0.4, -0.2) is 42.2 Å². The van der Waals surface area contributed by atoms with Crippen LogP contribution in [0.1, 0.15) is 12.0 Å². The summed E-state index contributed by atoms with van der Waals surface area (Å²) < 4.78 is 10.6. The highest BCUT2D eigenvalue weighted by molar-refractivity contribution is 6.11. The maximum Gasteiger partial charge on any atom is 0.330 e. The number of nitrogens with zero attached hydrogens (tertiary/aromatic N) is 3.